The highest BCUT2D eigenvalue weighted by Crippen LogP contribution is 2.57. The van der Waals surface area contributed by atoms with Crippen LogP contribution in [0.1, 0.15) is 136 Å². The molecule has 0 unspecified atom stereocenters. The van der Waals surface area contributed by atoms with Crippen LogP contribution in [0.3, 0.4) is 0 Å². The van der Waals surface area contributed by atoms with Crippen LogP contribution in [0.25, 0.3) is 0 Å². The van der Waals surface area contributed by atoms with Crippen molar-refractivity contribution in [2.45, 2.75) is 147 Å². The third-order valence-electron chi connectivity index (χ3n) is 7.94. The van der Waals surface area contributed by atoms with Crippen molar-refractivity contribution >= 4 is 11.9 Å². The van der Waals surface area contributed by atoms with Crippen LogP contribution in [-0.2, 0) is 19.1 Å². The second kappa shape index (κ2) is 14.7. The minimum absolute atomic E-state index is 0. The molecule has 4 fully saturated rings. The molecule has 0 aromatic rings. The number of hydrogen-bond acceptors (Lipinski definition) is 4. The summed E-state index contributed by atoms with van der Waals surface area (Å²) in [6.45, 7) is 12.0. The van der Waals surface area contributed by atoms with Crippen molar-refractivity contribution in [2.24, 2.45) is 28.6 Å². The molecular formula is C30H60F2O4. The lowest BCUT2D eigenvalue weighted by Gasteiger charge is -2.56. The Balaban J connectivity index is -0.000000562. The van der Waals surface area contributed by atoms with E-state index in [-0.39, 0.29) is 53.3 Å². The molecule has 0 saturated heterocycles. The van der Waals surface area contributed by atoms with Crippen molar-refractivity contribution in [2.75, 3.05) is 6.61 Å². The zero-order chi connectivity index (χ0) is 24.4. The van der Waals surface area contributed by atoms with Crippen LogP contribution in [0.15, 0.2) is 0 Å². The summed E-state index contributed by atoms with van der Waals surface area (Å²) in [6, 6.07) is 0. The predicted molar refractivity (Wildman–Crippen MR) is 148 cm³/mol. The fourth-order valence-electron chi connectivity index (χ4n) is 5.30. The van der Waals surface area contributed by atoms with Crippen LogP contribution >= 0.6 is 0 Å². The molecule has 4 saturated carbocycles. The van der Waals surface area contributed by atoms with Gasteiger partial charge in [-0.1, -0.05) is 43.6 Å². The Hall–Kier alpha value is -1.20. The first-order valence-corrected chi connectivity index (χ1v) is 12.4. The fourth-order valence-corrected chi connectivity index (χ4v) is 5.30. The van der Waals surface area contributed by atoms with E-state index in [0.29, 0.717) is 6.42 Å². The Morgan fingerprint density at radius 2 is 1.11 bits per heavy atom. The zero-order valence-electron chi connectivity index (χ0n) is 21.2. The van der Waals surface area contributed by atoms with Crippen molar-refractivity contribution < 1.29 is 27.8 Å². The molecule has 218 valence electrons. The molecule has 4 aliphatic rings. The SMILES string of the molecule is C.C.C.C.CCC(C)(C)C(=O)OC12CC3CC(CC(C3)C1)C2.CCC(C)(C)C(=O)OCCC(C)(F)F. The molecule has 0 aliphatic heterocycles. The minimum atomic E-state index is -2.77. The Morgan fingerprint density at radius 1 is 0.750 bits per heavy atom. The smallest absolute Gasteiger partial charge is 0.312 e. The average Bonchev–Trinajstić information content (AvgIpc) is 2.65. The molecule has 0 heterocycles. The van der Waals surface area contributed by atoms with Gasteiger partial charge in [0.05, 0.1) is 17.4 Å². The van der Waals surface area contributed by atoms with Crippen molar-refractivity contribution in [3.63, 3.8) is 0 Å². The summed E-state index contributed by atoms with van der Waals surface area (Å²) in [7, 11) is 0. The van der Waals surface area contributed by atoms with Crippen molar-refractivity contribution in [3.05, 3.63) is 0 Å². The number of hydrogen-bond donors (Lipinski definition) is 0. The average molecular weight is 523 g/mol. The van der Waals surface area contributed by atoms with Crippen LogP contribution in [0, 0.1) is 28.6 Å². The van der Waals surface area contributed by atoms with E-state index < -0.39 is 23.7 Å². The number of alkyl halides is 2. The van der Waals surface area contributed by atoms with Gasteiger partial charge in [-0.2, -0.15) is 0 Å². The molecule has 4 aliphatic carbocycles. The van der Waals surface area contributed by atoms with Crippen LogP contribution in [0.4, 0.5) is 8.78 Å². The number of ether oxygens (including phenoxy) is 2. The predicted octanol–water partition coefficient (Wildman–Crippen LogP) is 9.49. The number of carbonyl (C=O) groups excluding carboxylic acids is 2. The van der Waals surface area contributed by atoms with E-state index in [9.17, 15) is 18.4 Å². The summed E-state index contributed by atoms with van der Waals surface area (Å²) in [4.78, 5) is 23.7. The molecule has 0 aromatic heterocycles. The highest BCUT2D eigenvalue weighted by Gasteiger charge is 2.53. The maximum atomic E-state index is 12.4. The lowest BCUT2D eigenvalue weighted by molar-refractivity contribution is -0.196. The van der Waals surface area contributed by atoms with Crippen molar-refractivity contribution in [3.8, 4) is 0 Å². The summed E-state index contributed by atoms with van der Waals surface area (Å²) in [5, 5.41) is 0. The molecule has 0 aromatic carbocycles. The molecule has 36 heavy (non-hydrogen) atoms. The van der Waals surface area contributed by atoms with Gasteiger partial charge in [0.25, 0.3) is 0 Å². The number of rotatable bonds is 8. The summed E-state index contributed by atoms with van der Waals surface area (Å²) in [5.74, 6) is -0.621. The molecule has 6 heteroatoms. The van der Waals surface area contributed by atoms with Crippen molar-refractivity contribution in [1.29, 1.82) is 0 Å². The van der Waals surface area contributed by atoms with Gasteiger partial charge in [-0.15, -0.1) is 0 Å². The van der Waals surface area contributed by atoms with Gasteiger partial charge in [0.1, 0.15) is 5.60 Å². The molecule has 0 spiro atoms. The van der Waals surface area contributed by atoms with Gasteiger partial charge in [0, 0.05) is 6.42 Å². The quantitative estimate of drug-likeness (QED) is 0.298. The van der Waals surface area contributed by atoms with E-state index >= 15 is 0 Å². The molecule has 0 N–H and O–H groups in total. The number of halogens is 2. The first kappa shape index (κ1) is 39.3. The Kier molecular flexibility index (Phi) is 16.0. The third-order valence-corrected chi connectivity index (χ3v) is 7.94. The van der Waals surface area contributed by atoms with Gasteiger partial charge in [-0.05, 0) is 104 Å². The lowest BCUT2D eigenvalue weighted by atomic mass is 9.54. The maximum Gasteiger partial charge on any atom is 0.312 e. The lowest BCUT2D eigenvalue weighted by Crippen LogP contribution is -2.53. The topological polar surface area (TPSA) is 52.6 Å². The first-order chi connectivity index (χ1) is 14.6. The minimum Gasteiger partial charge on any atom is -0.465 e. The summed E-state index contributed by atoms with van der Waals surface area (Å²) < 4.78 is 35.5. The second-order valence-corrected chi connectivity index (χ2v) is 11.9. The normalized spacial score (nSPS) is 26.0. The molecule has 4 nitrogen and oxygen atoms in total. The highest BCUT2D eigenvalue weighted by molar-refractivity contribution is 5.76. The van der Waals surface area contributed by atoms with Crippen LogP contribution in [0.5, 0.6) is 0 Å². The van der Waals surface area contributed by atoms with Gasteiger partial charge in [-0.25, -0.2) is 8.78 Å². The summed E-state index contributed by atoms with van der Waals surface area (Å²) >= 11 is 0. The summed E-state index contributed by atoms with van der Waals surface area (Å²) in [5.41, 5.74) is -0.968. The highest BCUT2D eigenvalue weighted by atomic mass is 19.3. The van der Waals surface area contributed by atoms with Crippen LogP contribution in [-0.4, -0.2) is 30.1 Å². The Morgan fingerprint density at radius 3 is 1.44 bits per heavy atom. The third kappa shape index (κ3) is 10.7. The maximum absolute atomic E-state index is 12.4. The van der Waals surface area contributed by atoms with E-state index in [4.69, 9.17) is 9.47 Å². The first-order valence-electron chi connectivity index (χ1n) is 12.4. The Labute approximate surface area is 222 Å². The van der Waals surface area contributed by atoms with E-state index in [0.717, 1.165) is 50.4 Å². The standard InChI is InChI=1S/C16H26O2.C10H18F2O2.4CH4/c1-4-15(2,3)14(17)18-16-8-11-5-12(9-16)7-13(6-11)10-16;1-5-9(2,3)8(13)14-7-6-10(4,11)12;;;;/h11-13H,4-10H2,1-3H3;5-7H2,1-4H3;4*1H4. The molecular weight excluding hydrogens is 462 g/mol. The van der Waals surface area contributed by atoms with E-state index in [1.165, 1.54) is 19.3 Å². The van der Waals surface area contributed by atoms with Crippen LogP contribution in [0.2, 0.25) is 0 Å². The van der Waals surface area contributed by atoms with Crippen molar-refractivity contribution in [1.82, 2.24) is 0 Å². The largest absolute Gasteiger partial charge is 0.465 e. The Bertz CT molecular complexity index is 629. The van der Waals surface area contributed by atoms with Gasteiger partial charge in [0.15, 0.2) is 0 Å². The number of esters is 2. The molecule has 0 amide bonds. The number of carbonyl (C=O) groups is 2. The van der Waals surface area contributed by atoms with Gasteiger partial charge in [0.2, 0.25) is 5.92 Å². The fraction of sp³-hybridized carbons (Fsp3) is 0.933. The molecule has 0 atom stereocenters. The van der Waals surface area contributed by atoms with E-state index in [2.05, 4.69) is 6.92 Å². The van der Waals surface area contributed by atoms with Crippen LogP contribution < -0.4 is 0 Å². The van der Waals surface area contributed by atoms with Gasteiger partial charge in [-0.3, -0.25) is 9.59 Å². The van der Waals surface area contributed by atoms with Gasteiger partial charge >= 0.3 is 11.9 Å². The van der Waals surface area contributed by atoms with E-state index in [1.54, 1.807) is 13.8 Å². The summed E-state index contributed by atoms with van der Waals surface area (Å²) in [6.07, 6.45) is 8.70. The second-order valence-electron chi connectivity index (χ2n) is 11.9. The molecule has 4 rings (SSSR count). The monoisotopic (exact) mass is 522 g/mol. The molecule has 4 bridgehead atoms. The molecule has 0 radical (unpaired) electrons. The van der Waals surface area contributed by atoms with E-state index in [1.807, 2.05) is 20.8 Å². The van der Waals surface area contributed by atoms with Gasteiger partial charge < -0.3 is 9.47 Å². The zero-order valence-corrected chi connectivity index (χ0v) is 21.2.